The molecule has 0 aliphatic heterocycles. The lowest BCUT2D eigenvalue weighted by Crippen LogP contribution is -2.14. The second kappa shape index (κ2) is 24.0. The Morgan fingerprint density at radius 1 is 0.282 bits per heavy atom. The van der Waals surface area contributed by atoms with Crippen LogP contribution in [0.5, 0.6) is 0 Å². The predicted molar refractivity (Wildman–Crippen MR) is 424 cm³/mol. The van der Waals surface area contributed by atoms with E-state index in [1.165, 1.54) is 37.7 Å². The number of aromatic nitrogens is 7. The van der Waals surface area contributed by atoms with Gasteiger partial charge in [0.2, 0.25) is 0 Å². The molecule has 0 spiro atoms. The summed E-state index contributed by atoms with van der Waals surface area (Å²) in [5.74, 6) is 2.32. The molecule has 0 radical (unpaired) electrons. The Morgan fingerprint density at radius 3 is 1.45 bits per heavy atom. The highest BCUT2D eigenvalue weighted by Gasteiger charge is 2.36. The summed E-state index contributed by atoms with van der Waals surface area (Å²) in [7, 11) is 0. The molecule has 103 heavy (non-hydrogen) atoms. The standard InChI is InChI=1S/C94H59N7OS/c1-94(2)80-39-37-60(52-78(80)79-53-61(38-40-81(79)94)64-46-66(72-42-44-96-87-76-34-17-19-36-85(76)103-89(72)87)50-68(47-64)92-97-82(56-21-6-3-7-22-56)55-83(98-92)57-23-8-4-9-24-57)59-28-20-29-63(45-59)91-99-90(58-25-10-5-11-26-58)100-93(101-91)69-49-65(71-41-43-95-86-75-33-16-18-35-84(75)102-88(71)86)48-67(51-69)77-54-62-27-12-13-30-70(62)73-31-14-15-32-74(73)77/h3-55H,1-2H3. The van der Waals surface area contributed by atoms with Crippen molar-refractivity contribution in [3.8, 4) is 135 Å². The zero-order valence-electron chi connectivity index (χ0n) is 56.0. The van der Waals surface area contributed by atoms with Crippen molar-refractivity contribution in [1.29, 1.82) is 0 Å². The zero-order valence-corrected chi connectivity index (χ0v) is 56.9. The van der Waals surface area contributed by atoms with E-state index in [9.17, 15) is 0 Å². The molecule has 0 N–H and O–H groups in total. The van der Waals surface area contributed by atoms with Crippen molar-refractivity contribution in [2.45, 2.75) is 19.3 Å². The third-order valence-corrected chi connectivity index (χ3v) is 21.8. The Hall–Kier alpha value is -13.2. The number of para-hydroxylation sites is 1. The molecule has 1 aliphatic rings. The molecule has 6 heterocycles. The molecule has 0 saturated carbocycles. The van der Waals surface area contributed by atoms with Crippen molar-refractivity contribution < 1.29 is 4.42 Å². The van der Waals surface area contributed by atoms with E-state index < -0.39 is 0 Å². The first-order chi connectivity index (χ1) is 50.7. The maximum Gasteiger partial charge on any atom is 0.164 e. The molecule has 1 aliphatic carbocycles. The van der Waals surface area contributed by atoms with Crippen molar-refractivity contribution >= 4 is 75.3 Å². The molecule has 482 valence electrons. The Morgan fingerprint density at radius 2 is 0.748 bits per heavy atom. The fourth-order valence-electron chi connectivity index (χ4n) is 15.5. The van der Waals surface area contributed by atoms with Crippen LogP contribution in [0.2, 0.25) is 0 Å². The van der Waals surface area contributed by atoms with Gasteiger partial charge in [-0.3, -0.25) is 9.97 Å². The second-order valence-electron chi connectivity index (χ2n) is 27.2. The highest BCUT2D eigenvalue weighted by atomic mass is 32.1. The van der Waals surface area contributed by atoms with Crippen LogP contribution >= 0.6 is 11.3 Å². The van der Waals surface area contributed by atoms with Crippen LogP contribution < -0.4 is 0 Å². The van der Waals surface area contributed by atoms with Gasteiger partial charge in [-0.1, -0.05) is 226 Å². The van der Waals surface area contributed by atoms with E-state index in [0.717, 1.165) is 149 Å². The minimum Gasteiger partial charge on any atom is -0.454 e. The summed E-state index contributed by atoms with van der Waals surface area (Å²) in [6, 6.07) is 110. The number of nitrogens with zero attached hydrogens (tertiary/aromatic N) is 7. The van der Waals surface area contributed by atoms with Gasteiger partial charge in [0.1, 0.15) is 11.1 Å². The third kappa shape index (κ3) is 10.3. The lowest BCUT2D eigenvalue weighted by atomic mass is 9.82. The van der Waals surface area contributed by atoms with Gasteiger partial charge in [0.25, 0.3) is 0 Å². The van der Waals surface area contributed by atoms with Gasteiger partial charge in [-0.25, -0.2) is 24.9 Å². The highest BCUT2D eigenvalue weighted by molar-refractivity contribution is 7.26. The third-order valence-electron chi connectivity index (χ3n) is 20.6. The highest BCUT2D eigenvalue weighted by Crippen LogP contribution is 2.52. The van der Waals surface area contributed by atoms with E-state index in [1.54, 1.807) is 11.3 Å². The van der Waals surface area contributed by atoms with E-state index in [0.29, 0.717) is 23.3 Å². The molecule has 0 amide bonds. The Balaban J connectivity index is 0.723. The molecular formula is C94H59N7OS. The molecule has 9 heteroatoms. The fourth-order valence-corrected chi connectivity index (χ4v) is 16.7. The summed E-state index contributed by atoms with van der Waals surface area (Å²) in [4.78, 5) is 36.9. The fraction of sp³-hybridized carbons (Fsp3) is 0.0319. The Kier molecular flexibility index (Phi) is 13.9. The van der Waals surface area contributed by atoms with Crippen LogP contribution in [-0.4, -0.2) is 34.9 Å². The van der Waals surface area contributed by atoms with Crippen molar-refractivity contribution in [2.75, 3.05) is 0 Å². The number of hydrogen-bond acceptors (Lipinski definition) is 9. The van der Waals surface area contributed by atoms with E-state index in [-0.39, 0.29) is 5.41 Å². The summed E-state index contributed by atoms with van der Waals surface area (Å²) < 4.78 is 9.05. The zero-order chi connectivity index (χ0) is 68.3. The van der Waals surface area contributed by atoms with Gasteiger partial charge in [0.05, 0.1) is 21.6 Å². The van der Waals surface area contributed by atoms with Crippen molar-refractivity contribution in [3.63, 3.8) is 0 Å². The molecule has 0 unspecified atom stereocenters. The molecule has 8 nitrogen and oxygen atoms in total. The van der Waals surface area contributed by atoms with E-state index in [2.05, 4.69) is 275 Å². The summed E-state index contributed by atoms with van der Waals surface area (Å²) in [6.07, 6.45) is 3.83. The number of benzene rings is 13. The maximum absolute atomic E-state index is 6.71. The van der Waals surface area contributed by atoms with Gasteiger partial charge in [-0.15, -0.1) is 11.3 Å². The van der Waals surface area contributed by atoms with Crippen LogP contribution in [0.3, 0.4) is 0 Å². The van der Waals surface area contributed by atoms with E-state index >= 15 is 0 Å². The number of pyridine rings is 2. The Bertz CT molecular complexity index is 6600. The molecule has 13 aromatic carbocycles. The van der Waals surface area contributed by atoms with Crippen LogP contribution in [0, 0.1) is 0 Å². The number of rotatable bonds is 11. The summed E-state index contributed by atoms with van der Waals surface area (Å²) in [6.45, 7) is 4.69. The van der Waals surface area contributed by atoms with Crippen LogP contribution in [0.15, 0.2) is 326 Å². The molecule has 0 atom stereocenters. The summed E-state index contributed by atoms with van der Waals surface area (Å²) in [5, 5.41) is 6.81. The van der Waals surface area contributed by atoms with Gasteiger partial charge < -0.3 is 4.42 Å². The Labute approximate surface area is 597 Å². The van der Waals surface area contributed by atoms with Crippen LogP contribution in [0.25, 0.3) is 199 Å². The quantitative estimate of drug-likeness (QED) is 0.118. The van der Waals surface area contributed by atoms with Gasteiger partial charge >= 0.3 is 0 Å². The van der Waals surface area contributed by atoms with E-state index in [1.807, 2.05) is 60.9 Å². The largest absolute Gasteiger partial charge is 0.454 e. The SMILES string of the molecule is CC1(C)c2ccc(-c3cccc(-c4nc(-c5ccccc5)nc(-c5cc(-c6cc7ccccc7c7ccccc67)cc(-c6ccnc7c6oc6ccccc67)c5)n4)c3)cc2-c2cc(-c3cc(-c4nc(-c5ccccc5)cc(-c5ccccc5)n4)cc(-c4ccnc5c4sc4ccccc45)c3)ccc21. The summed E-state index contributed by atoms with van der Waals surface area (Å²) in [5.41, 5.74) is 25.7. The molecule has 0 bridgehead atoms. The number of fused-ring (bicyclic) bond motifs is 12. The number of furan rings is 1. The van der Waals surface area contributed by atoms with Gasteiger partial charge in [0, 0.05) is 77.8 Å². The maximum atomic E-state index is 6.71. The molecule has 19 aromatic rings. The first kappa shape index (κ1) is 59.8. The molecule has 0 fully saturated rings. The van der Waals surface area contributed by atoms with Crippen molar-refractivity contribution in [1.82, 2.24) is 34.9 Å². The van der Waals surface area contributed by atoms with Crippen LogP contribution in [0.4, 0.5) is 0 Å². The predicted octanol–water partition coefficient (Wildman–Crippen LogP) is 24.7. The topological polar surface area (TPSA) is 103 Å². The van der Waals surface area contributed by atoms with Crippen molar-refractivity contribution in [3.05, 3.63) is 333 Å². The molecule has 20 rings (SSSR count). The molecule has 0 saturated heterocycles. The average molecular weight is 1330 g/mol. The normalized spacial score (nSPS) is 12.4. The monoisotopic (exact) mass is 1330 g/mol. The van der Waals surface area contributed by atoms with E-state index in [4.69, 9.17) is 39.3 Å². The molecule has 6 aromatic heterocycles. The summed E-state index contributed by atoms with van der Waals surface area (Å²) >= 11 is 1.78. The lowest BCUT2D eigenvalue weighted by molar-refractivity contribution is 0.660. The van der Waals surface area contributed by atoms with Gasteiger partial charge in [-0.2, -0.15) is 0 Å². The molecular weight excluding hydrogens is 1280 g/mol. The average Bonchev–Trinajstić information content (AvgIpc) is 1.67. The lowest BCUT2D eigenvalue weighted by Gasteiger charge is -2.22. The first-order valence-electron chi connectivity index (χ1n) is 34.7. The van der Waals surface area contributed by atoms with Gasteiger partial charge in [0.15, 0.2) is 28.9 Å². The van der Waals surface area contributed by atoms with Crippen LogP contribution in [-0.2, 0) is 5.41 Å². The second-order valence-corrected chi connectivity index (χ2v) is 28.2. The smallest absolute Gasteiger partial charge is 0.164 e. The number of thiophene rings is 1. The first-order valence-corrected chi connectivity index (χ1v) is 35.5. The van der Waals surface area contributed by atoms with Crippen molar-refractivity contribution in [2.24, 2.45) is 0 Å². The van der Waals surface area contributed by atoms with Crippen LogP contribution in [0.1, 0.15) is 25.0 Å². The minimum atomic E-state index is -0.275. The minimum absolute atomic E-state index is 0.275. The number of hydrogen-bond donors (Lipinski definition) is 0. The van der Waals surface area contributed by atoms with Gasteiger partial charge in [-0.05, 0) is 185 Å².